The van der Waals surface area contributed by atoms with Crippen LogP contribution >= 0.6 is 0 Å². The molecule has 0 fully saturated rings. The molecule has 6 aromatic carbocycles. The van der Waals surface area contributed by atoms with Crippen molar-refractivity contribution in [2.45, 2.75) is 31.1 Å². The zero-order valence-electron chi connectivity index (χ0n) is 22.5. The first kappa shape index (κ1) is 26.3. The highest BCUT2D eigenvalue weighted by Crippen LogP contribution is 2.46. The van der Waals surface area contributed by atoms with Crippen LogP contribution in [0.15, 0.2) is 127 Å². The quantitative estimate of drug-likeness (QED) is 0.108. The Morgan fingerprint density at radius 3 is 1.27 bits per heavy atom. The molecule has 0 bridgehead atoms. The number of rotatable bonds is 10. The van der Waals surface area contributed by atoms with Gasteiger partial charge in [0.1, 0.15) is 0 Å². The van der Waals surface area contributed by atoms with E-state index in [1.54, 1.807) is 0 Å². The van der Waals surface area contributed by atoms with Crippen molar-refractivity contribution in [3.05, 3.63) is 144 Å². The minimum Gasteiger partial charge on any atom is -0.402 e. The first-order valence-electron chi connectivity index (χ1n) is 14.1. The highest BCUT2D eigenvalue weighted by atomic mass is 16.6. The summed E-state index contributed by atoms with van der Waals surface area (Å²) in [5.74, 6) is 0. The van der Waals surface area contributed by atoms with Crippen molar-refractivity contribution in [2.75, 3.05) is 6.61 Å². The predicted octanol–water partition coefficient (Wildman–Crippen LogP) is 8.03. The van der Waals surface area contributed by atoms with Gasteiger partial charge in [0.25, 0.3) is 0 Å². The summed E-state index contributed by atoms with van der Waals surface area (Å²) in [5.41, 5.74) is 3.45. The van der Waals surface area contributed by atoms with Crippen molar-refractivity contribution in [3.8, 4) is 0 Å². The highest BCUT2D eigenvalue weighted by Gasteiger charge is 2.36. The van der Waals surface area contributed by atoms with Crippen LogP contribution < -0.4 is 0 Å². The Labute approximate surface area is 235 Å². The zero-order chi connectivity index (χ0) is 27.4. The molecule has 0 atom stereocenters. The number of hydrogen-bond acceptors (Lipinski definition) is 3. The summed E-state index contributed by atoms with van der Waals surface area (Å²) < 4.78 is 4.98. The fraction of sp³-hybridized carbons (Fsp3) is 0.167. The van der Waals surface area contributed by atoms with Crippen LogP contribution in [0.1, 0.15) is 42.4 Å². The summed E-state index contributed by atoms with van der Waals surface area (Å²) in [6.07, 6.45) is 3.55. The second kappa shape index (κ2) is 11.7. The van der Waals surface area contributed by atoms with Gasteiger partial charge in [-0.3, -0.25) is 0 Å². The van der Waals surface area contributed by atoms with Gasteiger partial charge in [-0.15, -0.1) is 0 Å². The third-order valence-electron chi connectivity index (χ3n) is 8.19. The normalized spacial score (nSPS) is 11.8. The van der Waals surface area contributed by atoms with Crippen LogP contribution in [-0.2, 0) is 10.1 Å². The summed E-state index contributed by atoms with van der Waals surface area (Å²) in [6.45, 7) is 0.326. The lowest BCUT2D eigenvalue weighted by Crippen LogP contribution is -2.29. The van der Waals surface area contributed by atoms with E-state index in [0.717, 1.165) is 25.7 Å². The van der Waals surface area contributed by atoms with Gasteiger partial charge in [-0.05, 0) is 80.0 Å². The summed E-state index contributed by atoms with van der Waals surface area (Å²) in [4.78, 5) is 0. The monoisotopic (exact) mass is 524 g/mol. The van der Waals surface area contributed by atoms with Gasteiger partial charge in [0.15, 0.2) is 0 Å². The third-order valence-corrected chi connectivity index (χ3v) is 8.19. The second-order valence-corrected chi connectivity index (χ2v) is 10.6. The van der Waals surface area contributed by atoms with Crippen LogP contribution in [0.4, 0.5) is 0 Å². The van der Waals surface area contributed by atoms with E-state index < -0.39 is 7.32 Å². The van der Waals surface area contributed by atoms with Crippen LogP contribution in [0.2, 0.25) is 0 Å². The maximum Gasteiger partial charge on any atom is 0.633 e. The first-order chi connectivity index (χ1) is 19.6. The lowest BCUT2D eigenvalue weighted by molar-refractivity contribution is 0.181. The number of fused-ring (bicyclic) bond motifs is 3. The summed E-state index contributed by atoms with van der Waals surface area (Å²) >= 11 is 0. The van der Waals surface area contributed by atoms with Crippen molar-refractivity contribution in [1.82, 2.24) is 0 Å². The van der Waals surface area contributed by atoms with Crippen LogP contribution in [0.3, 0.4) is 0 Å². The lowest BCUT2D eigenvalue weighted by atomic mass is 9.65. The van der Waals surface area contributed by atoms with E-state index in [0.29, 0.717) is 6.61 Å². The SMILES string of the molecule is OB(O)OCCCCCC(c1ccc2ccccc2c1)(c1ccc2ccccc2c1)c1ccc2ccccc2c1. The van der Waals surface area contributed by atoms with Crippen LogP contribution in [0, 0.1) is 0 Å². The fourth-order valence-electron chi connectivity index (χ4n) is 6.16. The molecule has 0 heterocycles. The molecule has 2 N–H and O–H groups in total. The van der Waals surface area contributed by atoms with Gasteiger partial charge in [0.05, 0.1) is 0 Å². The average molecular weight is 524 g/mol. The van der Waals surface area contributed by atoms with E-state index >= 15 is 0 Å². The Kier molecular flexibility index (Phi) is 7.65. The maximum atomic E-state index is 9.08. The predicted molar refractivity (Wildman–Crippen MR) is 166 cm³/mol. The Hall–Kier alpha value is -3.96. The van der Waals surface area contributed by atoms with Gasteiger partial charge in [0, 0.05) is 12.0 Å². The van der Waals surface area contributed by atoms with E-state index in [2.05, 4.69) is 127 Å². The molecule has 6 rings (SSSR count). The van der Waals surface area contributed by atoms with Crippen LogP contribution in [0.25, 0.3) is 32.3 Å². The zero-order valence-corrected chi connectivity index (χ0v) is 22.5. The Morgan fingerprint density at radius 1 is 0.475 bits per heavy atom. The molecule has 6 aromatic rings. The molecule has 0 saturated heterocycles. The molecule has 0 aliphatic rings. The van der Waals surface area contributed by atoms with Gasteiger partial charge in [-0.25, -0.2) is 0 Å². The molecule has 0 aliphatic carbocycles. The second-order valence-electron chi connectivity index (χ2n) is 10.6. The van der Waals surface area contributed by atoms with E-state index in [9.17, 15) is 0 Å². The number of hydrogen-bond donors (Lipinski definition) is 2. The molecule has 4 heteroatoms. The molecule has 0 aromatic heterocycles. The summed E-state index contributed by atoms with van der Waals surface area (Å²) in [5, 5.41) is 25.6. The average Bonchev–Trinajstić information content (AvgIpc) is 3.00. The van der Waals surface area contributed by atoms with Crippen molar-refractivity contribution in [2.24, 2.45) is 0 Å². The molecule has 0 radical (unpaired) electrons. The molecular weight excluding hydrogens is 491 g/mol. The molecule has 198 valence electrons. The standard InChI is InChI=1S/C36H33BO3/c38-37(39)40-23-9-1-8-22-36(33-19-16-27-10-2-5-13-30(27)24-33,34-20-17-28-11-3-6-14-31(28)25-34)35-21-18-29-12-4-7-15-32(29)26-35/h2-7,10-21,24-26,38-39H,1,8-9,22-23H2. The van der Waals surface area contributed by atoms with Gasteiger partial charge in [0.2, 0.25) is 0 Å². The number of benzene rings is 6. The number of unbranched alkanes of at least 4 members (excludes halogenated alkanes) is 2. The Balaban J connectivity index is 1.54. The summed E-state index contributed by atoms with van der Waals surface area (Å²) in [6, 6.07) is 46.4. The van der Waals surface area contributed by atoms with Gasteiger partial charge < -0.3 is 14.7 Å². The summed E-state index contributed by atoms with van der Waals surface area (Å²) in [7, 11) is -1.72. The molecule has 0 aliphatic heterocycles. The fourth-order valence-corrected chi connectivity index (χ4v) is 6.16. The van der Waals surface area contributed by atoms with E-state index in [4.69, 9.17) is 14.7 Å². The largest absolute Gasteiger partial charge is 0.633 e. The third kappa shape index (κ3) is 5.26. The molecule has 3 nitrogen and oxygen atoms in total. The van der Waals surface area contributed by atoms with Crippen LogP contribution in [-0.4, -0.2) is 24.0 Å². The molecule has 0 amide bonds. The van der Waals surface area contributed by atoms with Crippen molar-refractivity contribution in [3.63, 3.8) is 0 Å². The minimum absolute atomic E-state index is 0.326. The van der Waals surface area contributed by atoms with E-state index in [-0.39, 0.29) is 5.41 Å². The van der Waals surface area contributed by atoms with Gasteiger partial charge in [-0.1, -0.05) is 122 Å². The van der Waals surface area contributed by atoms with Crippen molar-refractivity contribution in [1.29, 1.82) is 0 Å². The lowest BCUT2D eigenvalue weighted by Gasteiger charge is -2.37. The minimum atomic E-state index is -1.72. The van der Waals surface area contributed by atoms with Gasteiger partial charge in [-0.2, -0.15) is 0 Å². The van der Waals surface area contributed by atoms with Crippen LogP contribution in [0.5, 0.6) is 0 Å². The highest BCUT2D eigenvalue weighted by molar-refractivity contribution is 6.32. The van der Waals surface area contributed by atoms with Gasteiger partial charge >= 0.3 is 7.32 Å². The van der Waals surface area contributed by atoms with Crippen molar-refractivity contribution >= 4 is 39.6 Å². The Morgan fingerprint density at radius 2 is 0.875 bits per heavy atom. The molecule has 0 spiro atoms. The van der Waals surface area contributed by atoms with E-state index in [1.165, 1.54) is 49.0 Å². The van der Waals surface area contributed by atoms with E-state index in [1.807, 2.05) is 0 Å². The first-order valence-corrected chi connectivity index (χ1v) is 14.1. The molecule has 0 saturated carbocycles. The topological polar surface area (TPSA) is 49.7 Å². The molecule has 40 heavy (non-hydrogen) atoms. The maximum absolute atomic E-state index is 9.08. The van der Waals surface area contributed by atoms with Crippen molar-refractivity contribution < 1.29 is 14.7 Å². The molecular formula is C36H33BO3. The molecule has 0 unspecified atom stereocenters. The smallest absolute Gasteiger partial charge is 0.402 e. The Bertz CT molecular complexity index is 1570.